The van der Waals surface area contributed by atoms with E-state index in [1.54, 1.807) is 70.7 Å². The number of pyridine rings is 1. The van der Waals surface area contributed by atoms with Gasteiger partial charge < -0.3 is 75.6 Å². The van der Waals surface area contributed by atoms with Gasteiger partial charge in [-0.3, -0.25) is 53.1 Å². The summed E-state index contributed by atoms with van der Waals surface area (Å²) in [7, 11) is 20.6. The van der Waals surface area contributed by atoms with E-state index >= 15 is 0 Å². The average molecular weight is 1480 g/mol. The number of carbonyl (C=O) groups excluding carboxylic acids is 8. The fraction of sp³-hybridized carbons (Fsp3) is 0.759. The number of piperidine rings is 1. The predicted molar refractivity (Wildman–Crippen MR) is 428 cm³/mol. The molecule has 0 radical (unpaired) electrons. The van der Waals surface area contributed by atoms with Gasteiger partial charge in [-0.25, -0.2) is 0 Å². The molecule has 105 heavy (non-hydrogen) atoms. The van der Waals surface area contributed by atoms with Crippen LogP contribution in [0, 0.1) is 5.92 Å². The van der Waals surface area contributed by atoms with E-state index in [4.69, 9.17) is 0 Å². The zero-order valence-corrected chi connectivity index (χ0v) is 69.0. The molecule has 26 nitrogen and oxygen atoms in total. The lowest BCUT2D eigenvalue weighted by Crippen LogP contribution is -2.46. The number of aromatic nitrogens is 1. The smallest absolute Gasteiger partial charge is 0.219 e. The maximum Gasteiger partial charge on any atom is 0.219 e. The normalized spacial score (nSPS) is 18.7. The molecule has 0 bridgehead atoms. The number of nitrogens with zero attached hydrogens (tertiary/aromatic N) is 13. The van der Waals surface area contributed by atoms with E-state index in [2.05, 4.69) is 142 Å². The van der Waals surface area contributed by atoms with Crippen LogP contribution < -0.4 is 26.6 Å². The molecule has 1 aromatic carbocycles. The number of aryl methyl sites for hydroxylation is 1. The number of amides is 8. The zero-order valence-electron chi connectivity index (χ0n) is 69.0. The second-order valence-corrected chi connectivity index (χ2v) is 29.8. The fourth-order valence-electron chi connectivity index (χ4n) is 12.3. The first-order valence-electron chi connectivity index (χ1n) is 39.0. The highest BCUT2D eigenvalue weighted by molar-refractivity contribution is 5.75. The van der Waals surface area contributed by atoms with E-state index in [0.29, 0.717) is 18.5 Å². The lowest BCUT2D eigenvalue weighted by Gasteiger charge is -2.32. The molecule has 6 fully saturated rings. The molecule has 1 atom stereocenters. The highest BCUT2D eigenvalue weighted by Crippen LogP contribution is 2.26. The molecule has 8 amide bonds. The Hall–Kier alpha value is -6.23. The number of likely N-dealkylation sites (N-methyl/N-ethyl adjacent to an activating group) is 5. The maximum atomic E-state index is 10.9. The van der Waals surface area contributed by atoms with Crippen LogP contribution in [0.25, 0.3) is 0 Å². The largest absolute Gasteiger partial charge is 0.356 e. The Labute approximate surface area is 636 Å². The summed E-state index contributed by atoms with van der Waals surface area (Å²) in [6.45, 7) is 39.0. The van der Waals surface area contributed by atoms with Crippen molar-refractivity contribution in [3.05, 3.63) is 65.5 Å². The quantitative estimate of drug-likeness (QED) is 0.0902. The van der Waals surface area contributed by atoms with Crippen LogP contribution in [0.15, 0.2) is 48.8 Å². The monoisotopic (exact) mass is 1480 g/mol. The Balaban J connectivity index is 0.000000605. The highest BCUT2D eigenvalue weighted by Gasteiger charge is 2.24. The Morgan fingerprint density at radius 3 is 1.38 bits per heavy atom. The van der Waals surface area contributed by atoms with E-state index in [1.807, 2.05) is 45.2 Å². The van der Waals surface area contributed by atoms with Gasteiger partial charge in [0.05, 0.1) is 0 Å². The Morgan fingerprint density at radius 2 is 0.914 bits per heavy atom. The molecule has 6 heterocycles. The van der Waals surface area contributed by atoms with Gasteiger partial charge in [0.1, 0.15) is 0 Å². The third-order valence-corrected chi connectivity index (χ3v) is 19.7. The third kappa shape index (κ3) is 53.2. The minimum absolute atomic E-state index is 0.0153. The van der Waals surface area contributed by atoms with Gasteiger partial charge in [0.15, 0.2) is 0 Å². The summed E-state index contributed by atoms with van der Waals surface area (Å²) < 4.78 is 0. The average Bonchev–Trinajstić information content (AvgIpc) is 1.83. The van der Waals surface area contributed by atoms with Crippen LogP contribution in [-0.2, 0) is 57.9 Å². The Morgan fingerprint density at radius 1 is 0.438 bits per heavy atom. The SMILES string of the molecule is CC(=O)N(C)CCCc1ccncc1.CC(=O)N(C)C[C@@H]1CCCN1C.CC(=O)N1CCN(C)CC1.CC(=O)NCC1CCC(N(C)C)CC1.CC(=O)NCCCN(C)C.CC(=O)NCCCN1CCCCC1.CC(=O)NCCN1CCN(C)CC1.CC(=O)NCc1ccc(CN2CCN(C)CC2)cc1. The summed E-state index contributed by atoms with van der Waals surface area (Å²) in [5.74, 6) is 1.51. The van der Waals surface area contributed by atoms with Gasteiger partial charge in [-0.2, -0.15) is 0 Å². The summed E-state index contributed by atoms with van der Waals surface area (Å²) in [6.07, 6.45) is 19.3. The standard InChI is InChI=1S/C15H23N3O.C11H22N2O.C11H16N2O.C10H20N2O.C9H19N3O.C9H18N2O.C7H14N2O.C7H16N2O/c1-13(19)16-11-14-3-5-15(6-4-14)12-18-9-7-17(2)8-10-18;1-9(14)12-8-10-4-6-11(7-5-10)13(2)3;1-10(14)13(2)9-3-4-11-5-7-12-8-6-11;1-10(13)11-6-5-9-12-7-3-2-4-8-12;1-9(13)10-3-4-12-7-5-11(2)6-8-12;1-8(12)11(3)7-9-5-4-6-10(9)2;1-7(10)9-5-3-8(2)4-6-9;1-7(10)8-5-4-6-9(2)3/h3-6H,7-12H2,1-2H3,(H,16,19);10-11H,4-8H2,1-3H3,(H,12,14);5-8H,3-4,9H2,1-2H3;2-9H2,1H3,(H,11,13);3-8H2,1-2H3,(H,10,13);9H,4-7H2,1-3H3;3-6H2,1-2H3;4-6H2,1-3H3,(H,8,10)/t;;;;;9-;;/m.....0../s1. The van der Waals surface area contributed by atoms with Crippen molar-refractivity contribution < 1.29 is 38.4 Å². The van der Waals surface area contributed by atoms with Crippen molar-refractivity contribution in [3.63, 3.8) is 0 Å². The number of benzene rings is 1. The van der Waals surface area contributed by atoms with Gasteiger partial charge in [-0.1, -0.05) is 30.7 Å². The van der Waals surface area contributed by atoms with Crippen molar-refractivity contribution in [2.75, 3.05) is 228 Å². The Bertz CT molecular complexity index is 2620. The predicted octanol–water partition coefficient (Wildman–Crippen LogP) is 4.59. The fourth-order valence-corrected chi connectivity index (χ4v) is 12.3. The van der Waals surface area contributed by atoms with E-state index < -0.39 is 0 Å². The molecule has 1 aromatic heterocycles. The van der Waals surface area contributed by atoms with Gasteiger partial charge in [0.2, 0.25) is 47.3 Å². The van der Waals surface area contributed by atoms with Crippen LogP contribution in [0.5, 0.6) is 0 Å². The number of nitrogens with one attached hydrogen (secondary N) is 5. The van der Waals surface area contributed by atoms with Gasteiger partial charge in [0.25, 0.3) is 0 Å². The third-order valence-electron chi connectivity index (χ3n) is 19.7. The molecule has 1 aliphatic carbocycles. The number of hydrogen-bond acceptors (Lipinski definition) is 18. The Kier molecular flexibility index (Phi) is 54.2. The van der Waals surface area contributed by atoms with Gasteiger partial charge >= 0.3 is 0 Å². The van der Waals surface area contributed by atoms with Crippen LogP contribution in [0.3, 0.4) is 0 Å². The first kappa shape index (κ1) is 96.8. The lowest BCUT2D eigenvalue weighted by atomic mass is 9.85. The van der Waals surface area contributed by atoms with E-state index in [1.165, 1.54) is 95.5 Å². The minimum Gasteiger partial charge on any atom is -0.356 e. The molecule has 5 saturated heterocycles. The van der Waals surface area contributed by atoms with Gasteiger partial charge in [-0.15, -0.1) is 0 Å². The second-order valence-electron chi connectivity index (χ2n) is 29.8. The van der Waals surface area contributed by atoms with Crippen LogP contribution in [0.4, 0.5) is 0 Å². The van der Waals surface area contributed by atoms with Gasteiger partial charge in [-0.05, 0) is 201 Å². The number of piperazine rings is 3. The molecule has 26 heteroatoms. The van der Waals surface area contributed by atoms with E-state index in [-0.39, 0.29) is 47.3 Å². The molecule has 5 aliphatic heterocycles. The molecular formula is C79H148N18O8. The number of rotatable bonds is 24. The summed E-state index contributed by atoms with van der Waals surface area (Å²) in [5.41, 5.74) is 3.77. The molecule has 2 aromatic rings. The van der Waals surface area contributed by atoms with Crippen molar-refractivity contribution in [1.29, 1.82) is 0 Å². The van der Waals surface area contributed by atoms with Crippen LogP contribution in [-0.4, -0.2) is 351 Å². The summed E-state index contributed by atoms with van der Waals surface area (Å²) in [6, 6.07) is 13.9. The molecule has 0 unspecified atom stereocenters. The van der Waals surface area contributed by atoms with Crippen molar-refractivity contribution >= 4 is 47.3 Å². The first-order valence-corrected chi connectivity index (χ1v) is 39.0. The van der Waals surface area contributed by atoms with E-state index in [9.17, 15) is 38.4 Å². The molecule has 602 valence electrons. The summed E-state index contributed by atoms with van der Waals surface area (Å²) >= 11 is 0. The van der Waals surface area contributed by atoms with Crippen LogP contribution in [0.1, 0.15) is 149 Å². The second kappa shape index (κ2) is 58.8. The molecule has 1 saturated carbocycles. The summed E-state index contributed by atoms with van der Waals surface area (Å²) in [4.78, 5) is 116. The van der Waals surface area contributed by atoms with Crippen molar-refractivity contribution in [2.45, 2.75) is 164 Å². The molecule has 6 aliphatic rings. The molecule has 8 rings (SSSR count). The molecule has 5 N–H and O–H groups in total. The van der Waals surface area contributed by atoms with Crippen LogP contribution in [0.2, 0.25) is 0 Å². The highest BCUT2D eigenvalue weighted by atomic mass is 16.2. The minimum atomic E-state index is 0.0153. The lowest BCUT2D eigenvalue weighted by molar-refractivity contribution is -0.130. The zero-order chi connectivity index (χ0) is 78.5. The van der Waals surface area contributed by atoms with Crippen molar-refractivity contribution in [3.8, 4) is 0 Å². The topological polar surface area (TPSA) is 248 Å². The van der Waals surface area contributed by atoms with Gasteiger partial charge in [0, 0.05) is 231 Å². The molecular weight excluding hydrogens is 1330 g/mol. The number of likely N-dealkylation sites (tertiary alicyclic amines) is 2. The van der Waals surface area contributed by atoms with Crippen molar-refractivity contribution in [2.24, 2.45) is 5.92 Å². The van der Waals surface area contributed by atoms with E-state index in [0.717, 1.165) is 181 Å². The maximum absolute atomic E-state index is 10.9. The summed E-state index contributed by atoms with van der Waals surface area (Å²) in [5, 5.41) is 14.1. The number of carbonyl (C=O) groups is 8. The number of hydrogen-bond donors (Lipinski definition) is 5. The molecule has 0 spiro atoms. The van der Waals surface area contributed by atoms with Crippen molar-refractivity contribution in [1.82, 2.24) is 90.4 Å². The first-order chi connectivity index (χ1) is 49.8. The van der Waals surface area contributed by atoms with Crippen LogP contribution >= 0.6 is 0 Å².